The molecule has 2 aromatic carbocycles. The lowest BCUT2D eigenvalue weighted by Crippen LogP contribution is -2.45. The summed E-state index contributed by atoms with van der Waals surface area (Å²) >= 11 is 0. The maximum Gasteiger partial charge on any atom is 0.407 e. The Hall–Kier alpha value is -3.02. The van der Waals surface area contributed by atoms with Gasteiger partial charge < -0.3 is 20.1 Å². The quantitative estimate of drug-likeness (QED) is 0.679. The molecule has 0 spiro atoms. The van der Waals surface area contributed by atoms with Crippen LogP contribution in [0.25, 0.3) is 0 Å². The Morgan fingerprint density at radius 2 is 1.87 bits per heavy atom. The van der Waals surface area contributed by atoms with Gasteiger partial charge in [-0.15, -0.1) is 0 Å². The van der Waals surface area contributed by atoms with Crippen molar-refractivity contribution in [2.45, 2.75) is 45.4 Å². The van der Waals surface area contributed by atoms with Crippen molar-refractivity contribution >= 4 is 17.7 Å². The molecule has 4 rings (SSSR count). The van der Waals surface area contributed by atoms with Gasteiger partial charge in [-0.25, -0.2) is 9.59 Å². The van der Waals surface area contributed by atoms with Crippen LogP contribution in [0.3, 0.4) is 0 Å². The van der Waals surface area contributed by atoms with Crippen LogP contribution in [-0.4, -0.2) is 24.7 Å². The smallest absolute Gasteiger partial charge is 0.407 e. The fourth-order valence-electron chi connectivity index (χ4n) is 4.20. The zero-order valence-corrected chi connectivity index (χ0v) is 17.4. The van der Waals surface area contributed by atoms with Crippen LogP contribution in [-0.2, 0) is 16.1 Å². The van der Waals surface area contributed by atoms with Crippen LogP contribution in [0.5, 0.6) is 0 Å². The van der Waals surface area contributed by atoms with E-state index in [1.54, 1.807) is 13.0 Å². The van der Waals surface area contributed by atoms with E-state index in [9.17, 15) is 9.59 Å². The van der Waals surface area contributed by atoms with Gasteiger partial charge in [0.25, 0.3) is 0 Å². The highest BCUT2D eigenvalue weighted by Crippen LogP contribution is 2.46. The summed E-state index contributed by atoms with van der Waals surface area (Å²) in [5.41, 5.74) is 3.26. The van der Waals surface area contributed by atoms with E-state index in [4.69, 9.17) is 9.47 Å². The van der Waals surface area contributed by atoms with Gasteiger partial charge in [-0.05, 0) is 55.0 Å². The van der Waals surface area contributed by atoms with E-state index in [0.29, 0.717) is 18.1 Å². The van der Waals surface area contributed by atoms with Crippen molar-refractivity contribution in [1.82, 2.24) is 5.32 Å². The Labute approximate surface area is 177 Å². The molecule has 0 radical (unpaired) electrons. The predicted octanol–water partition coefficient (Wildman–Crippen LogP) is 4.67. The SMILES string of the molecule is CCOC(=O)c1ccc2c(c1)[C@H](NC(=O)OCc1ccccc1)[C@H](C)[C@H](C1CC1)N2. The molecule has 1 saturated carbocycles. The second kappa shape index (κ2) is 8.78. The lowest BCUT2D eigenvalue weighted by atomic mass is 9.81. The standard InChI is InChI=1S/C24H28N2O4/c1-3-29-23(27)18-11-12-20-19(13-18)22(15(2)21(25-20)17-9-10-17)26-24(28)30-14-16-7-5-4-6-8-16/h4-8,11-13,15,17,21-22,25H,3,9-10,14H2,1-2H3,(H,26,28)/t15-,21-,22-/m1/s1. The summed E-state index contributed by atoms with van der Waals surface area (Å²) in [6.45, 7) is 4.46. The molecule has 1 aliphatic carbocycles. The molecule has 0 bridgehead atoms. The average Bonchev–Trinajstić information content (AvgIpc) is 3.60. The molecule has 0 saturated heterocycles. The topological polar surface area (TPSA) is 76.7 Å². The second-order valence-corrected chi connectivity index (χ2v) is 8.07. The van der Waals surface area contributed by atoms with Crippen LogP contribution >= 0.6 is 0 Å². The zero-order chi connectivity index (χ0) is 21.1. The van der Waals surface area contributed by atoms with Crippen LogP contribution in [0.2, 0.25) is 0 Å². The van der Waals surface area contributed by atoms with Gasteiger partial charge in [-0.1, -0.05) is 37.3 Å². The molecule has 3 atom stereocenters. The first-order valence-electron chi connectivity index (χ1n) is 10.6. The minimum atomic E-state index is -0.459. The summed E-state index contributed by atoms with van der Waals surface area (Å²) < 4.78 is 10.6. The maximum absolute atomic E-state index is 12.6. The average molecular weight is 408 g/mol. The fourth-order valence-corrected chi connectivity index (χ4v) is 4.20. The summed E-state index contributed by atoms with van der Waals surface area (Å²) in [5.74, 6) is 0.414. The van der Waals surface area contributed by atoms with Gasteiger partial charge in [0, 0.05) is 17.6 Å². The Balaban J connectivity index is 1.54. The van der Waals surface area contributed by atoms with Gasteiger partial charge in [-0.3, -0.25) is 0 Å². The highest BCUT2D eigenvalue weighted by Gasteiger charge is 2.42. The van der Waals surface area contributed by atoms with Crippen molar-refractivity contribution in [2.75, 3.05) is 11.9 Å². The summed E-state index contributed by atoms with van der Waals surface area (Å²) in [6.07, 6.45) is 1.94. The van der Waals surface area contributed by atoms with E-state index < -0.39 is 6.09 Å². The number of carbonyl (C=O) groups excluding carboxylic acids is 2. The monoisotopic (exact) mass is 408 g/mol. The molecule has 30 heavy (non-hydrogen) atoms. The van der Waals surface area contributed by atoms with Crippen LogP contribution < -0.4 is 10.6 Å². The molecule has 6 nitrogen and oxygen atoms in total. The van der Waals surface area contributed by atoms with Crippen LogP contribution in [0, 0.1) is 11.8 Å². The molecular formula is C24H28N2O4. The molecule has 1 aliphatic heterocycles. The molecule has 0 unspecified atom stereocenters. The van der Waals surface area contributed by atoms with E-state index in [1.807, 2.05) is 42.5 Å². The molecule has 1 fully saturated rings. The van der Waals surface area contributed by atoms with E-state index in [1.165, 1.54) is 12.8 Å². The van der Waals surface area contributed by atoms with Gasteiger partial charge in [0.1, 0.15) is 6.61 Å². The van der Waals surface area contributed by atoms with Gasteiger partial charge in [0.2, 0.25) is 0 Å². The zero-order valence-electron chi connectivity index (χ0n) is 17.4. The third-order valence-corrected chi connectivity index (χ3v) is 5.93. The largest absolute Gasteiger partial charge is 0.462 e. The summed E-state index contributed by atoms with van der Waals surface area (Å²) in [5, 5.41) is 6.68. The summed E-state index contributed by atoms with van der Waals surface area (Å²) in [7, 11) is 0. The number of anilines is 1. The molecule has 2 aromatic rings. The van der Waals surface area contributed by atoms with Gasteiger partial charge >= 0.3 is 12.1 Å². The van der Waals surface area contributed by atoms with Crippen molar-refractivity contribution < 1.29 is 19.1 Å². The maximum atomic E-state index is 12.6. The lowest BCUT2D eigenvalue weighted by molar-refractivity contribution is 0.0526. The number of ether oxygens (including phenoxy) is 2. The van der Waals surface area contributed by atoms with Crippen LogP contribution in [0.15, 0.2) is 48.5 Å². The van der Waals surface area contributed by atoms with E-state index in [2.05, 4.69) is 17.6 Å². The first-order valence-corrected chi connectivity index (χ1v) is 10.6. The van der Waals surface area contributed by atoms with Crippen molar-refractivity contribution in [1.29, 1.82) is 0 Å². The molecular weight excluding hydrogens is 380 g/mol. The number of hydrogen-bond acceptors (Lipinski definition) is 5. The van der Waals surface area contributed by atoms with Crippen molar-refractivity contribution in [3.05, 3.63) is 65.2 Å². The number of esters is 1. The van der Waals surface area contributed by atoms with Gasteiger partial charge in [0.15, 0.2) is 0 Å². The number of nitrogens with one attached hydrogen (secondary N) is 2. The Kier molecular flexibility index (Phi) is 5.93. The Morgan fingerprint density at radius 1 is 1.10 bits per heavy atom. The summed E-state index contributed by atoms with van der Waals surface area (Å²) in [6, 6.07) is 15.1. The Morgan fingerprint density at radius 3 is 2.57 bits per heavy atom. The summed E-state index contributed by atoms with van der Waals surface area (Å²) in [4.78, 5) is 24.8. The highest BCUT2D eigenvalue weighted by molar-refractivity contribution is 5.90. The number of benzene rings is 2. The highest BCUT2D eigenvalue weighted by atomic mass is 16.5. The van der Waals surface area contributed by atoms with Crippen LogP contribution in [0.4, 0.5) is 10.5 Å². The van der Waals surface area contributed by atoms with Crippen LogP contribution in [0.1, 0.15) is 54.2 Å². The van der Waals surface area contributed by atoms with E-state index in [-0.39, 0.29) is 30.6 Å². The van der Waals surface area contributed by atoms with E-state index >= 15 is 0 Å². The molecule has 0 aromatic heterocycles. The number of carbonyl (C=O) groups is 2. The molecule has 6 heteroatoms. The number of amides is 1. The second-order valence-electron chi connectivity index (χ2n) is 8.07. The minimum absolute atomic E-state index is 0.159. The normalized spacial score (nSPS) is 22.4. The molecule has 1 amide bonds. The molecule has 2 aliphatic rings. The third kappa shape index (κ3) is 4.42. The first-order chi connectivity index (χ1) is 14.6. The number of fused-ring (bicyclic) bond motifs is 1. The number of rotatable bonds is 6. The minimum Gasteiger partial charge on any atom is -0.462 e. The van der Waals surface area contributed by atoms with Crippen molar-refractivity contribution in [3.63, 3.8) is 0 Å². The van der Waals surface area contributed by atoms with Gasteiger partial charge in [0.05, 0.1) is 18.2 Å². The Bertz CT molecular complexity index is 911. The van der Waals surface area contributed by atoms with E-state index in [0.717, 1.165) is 16.8 Å². The fraction of sp³-hybridized carbons (Fsp3) is 0.417. The molecule has 158 valence electrons. The molecule has 1 heterocycles. The number of alkyl carbamates (subject to hydrolysis) is 1. The van der Waals surface area contributed by atoms with Crippen molar-refractivity contribution in [3.8, 4) is 0 Å². The lowest BCUT2D eigenvalue weighted by Gasteiger charge is -2.39. The third-order valence-electron chi connectivity index (χ3n) is 5.93. The van der Waals surface area contributed by atoms with Gasteiger partial charge in [-0.2, -0.15) is 0 Å². The molecule has 2 N–H and O–H groups in total. The predicted molar refractivity (Wildman–Crippen MR) is 114 cm³/mol. The first kappa shape index (κ1) is 20.3. The van der Waals surface area contributed by atoms with Crippen molar-refractivity contribution in [2.24, 2.45) is 11.8 Å². The number of hydrogen-bond donors (Lipinski definition) is 2.